The van der Waals surface area contributed by atoms with Gasteiger partial charge in [0.2, 0.25) is 5.88 Å². The van der Waals surface area contributed by atoms with Crippen LogP contribution in [0.2, 0.25) is 0 Å². The molecule has 3 heterocycles. The summed E-state index contributed by atoms with van der Waals surface area (Å²) in [5.74, 6) is 1.56. The van der Waals surface area contributed by atoms with E-state index < -0.39 is 13.0 Å². The van der Waals surface area contributed by atoms with E-state index in [-0.39, 0.29) is 5.88 Å². The molecule has 27 heavy (non-hydrogen) atoms. The van der Waals surface area contributed by atoms with E-state index >= 15 is 0 Å². The normalized spacial score (nSPS) is 11.5. The Morgan fingerprint density at radius 3 is 2.78 bits per heavy atom. The minimum Gasteiger partial charge on any atom is -0.471 e. The van der Waals surface area contributed by atoms with Crippen molar-refractivity contribution in [3.63, 3.8) is 0 Å². The lowest BCUT2D eigenvalue weighted by Crippen LogP contribution is -2.09. The molecule has 0 spiro atoms. The minimum absolute atomic E-state index is 0.231. The quantitative estimate of drug-likeness (QED) is 0.647. The Bertz CT molecular complexity index is 910. The first kappa shape index (κ1) is 19.0. The number of aryl methyl sites for hydroxylation is 1. The maximum Gasteiger partial charge on any atom is 0.272 e. The van der Waals surface area contributed by atoms with E-state index in [1.807, 2.05) is 23.0 Å². The Labute approximate surface area is 156 Å². The summed E-state index contributed by atoms with van der Waals surface area (Å²) in [6, 6.07) is 3.74. The maximum absolute atomic E-state index is 12.3. The zero-order chi connectivity index (χ0) is 19.4. The van der Waals surface area contributed by atoms with Gasteiger partial charge in [0.05, 0.1) is 17.4 Å². The molecule has 0 unspecified atom stereocenters. The molecule has 3 aromatic heterocycles. The molecule has 8 heteroatoms. The van der Waals surface area contributed by atoms with Crippen LogP contribution in [0.4, 0.5) is 14.6 Å². The molecular formula is C19H23F2N5O. The van der Waals surface area contributed by atoms with Crippen molar-refractivity contribution in [1.82, 2.24) is 19.7 Å². The molecule has 0 aliphatic heterocycles. The van der Waals surface area contributed by atoms with Crippen molar-refractivity contribution in [2.24, 2.45) is 5.92 Å². The van der Waals surface area contributed by atoms with Crippen LogP contribution in [0.3, 0.4) is 0 Å². The van der Waals surface area contributed by atoms with Crippen molar-refractivity contribution in [3.05, 3.63) is 41.9 Å². The minimum atomic E-state index is -2.52. The van der Waals surface area contributed by atoms with Gasteiger partial charge in [-0.2, -0.15) is 5.10 Å². The number of ether oxygens (including phenoxy) is 1. The topological polar surface area (TPSA) is 64.9 Å². The Balaban J connectivity index is 1.76. The number of anilines is 1. The fourth-order valence-corrected chi connectivity index (χ4v) is 2.70. The highest BCUT2D eigenvalue weighted by Crippen LogP contribution is 2.21. The largest absolute Gasteiger partial charge is 0.471 e. The molecular weight excluding hydrogens is 352 g/mol. The second kappa shape index (κ2) is 8.28. The van der Waals surface area contributed by atoms with Gasteiger partial charge in [0, 0.05) is 30.7 Å². The molecule has 0 fully saturated rings. The molecule has 0 radical (unpaired) electrons. The number of halogens is 2. The van der Waals surface area contributed by atoms with Crippen LogP contribution in [-0.2, 0) is 6.54 Å². The van der Waals surface area contributed by atoms with E-state index in [2.05, 4.69) is 34.2 Å². The van der Waals surface area contributed by atoms with Crippen LogP contribution < -0.4 is 10.1 Å². The average Bonchev–Trinajstić information content (AvgIpc) is 3.01. The number of nitrogens with zero attached hydrogens (tertiary/aromatic N) is 4. The van der Waals surface area contributed by atoms with Crippen molar-refractivity contribution in [2.75, 3.05) is 18.5 Å². The van der Waals surface area contributed by atoms with Crippen molar-refractivity contribution in [2.45, 2.75) is 33.7 Å². The summed E-state index contributed by atoms with van der Waals surface area (Å²) >= 11 is 0. The predicted octanol–water partition coefficient (Wildman–Crippen LogP) is 3.89. The molecule has 0 saturated carbocycles. The molecule has 0 atom stereocenters. The third kappa shape index (κ3) is 4.90. The monoisotopic (exact) mass is 375 g/mol. The second-order valence-corrected chi connectivity index (χ2v) is 6.86. The molecule has 3 aromatic rings. The van der Waals surface area contributed by atoms with E-state index in [9.17, 15) is 8.78 Å². The summed E-state index contributed by atoms with van der Waals surface area (Å²) in [6.45, 7) is 6.76. The summed E-state index contributed by atoms with van der Waals surface area (Å²) in [7, 11) is 0. The fourth-order valence-electron chi connectivity index (χ4n) is 2.70. The van der Waals surface area contributed by atoms with E-state index in [1.165, 1.54) is 0 Å². The summed E-state index contributed by atoms with van der Waals surface area (Å²) in [5, 5.41) is 8.89. The van der Waals surface area contributed by atoms with Crippen LogP contribution in [-0.4, -0.2) is 39.3 Å². The van der Waals surface area contributed by atoms with Crippen LogP contribution in [0, 0.1) is 12.8 Å². The molecule has 0 bridgehead atoms. The zero-order valence-electron chi connectivity index (χ0n) is 15.6. The molecule has 6 nitrogen and oxygen atoms in total. The number of pyridine rings is 2. The van der Waals surface area contributed by atoms with Gasteiger partial charge in [-0.05, 0) is 30.5 Å². The van der Waals surface area contributed by atoms with Gasteiger partial charge in [0.25, 0.3) is 6.43 Å². The van der Waals surface area contributed by atoms with Crippen molar-refractivity contribution in [1.29, 1.82) is 0 Å². The zero-order valence-corrected chi connectivity index (χ0v) is 15.6. The third-order valence-electron chi connectivity index (χ3n) is 3.94. The molecule has 0 aliphatic carbocycles. The van der Waals surface area contributed by atoms with Gasteiger partial charge in [0.1, 0.15) is 5.82 Å². The number of aromatic nitrogens is 4. The number of alkyl halides is 2. The smallest absolute Gasteiger partial charge is 0.272 e. The van der Waals surface area contributed by atoms with Crippen molar-refractivity contribution >= 4 is 16.7 Å². The predicted molar refractivity (Wildman–Crippen MR) is 100 cm³/mol. The van der Waals surface area contributed by atoms with Crippen LogP contribution in [0.15, 0.2) is 30.7 Å². The highest BCUT2D eigenvalue weighted by molar-refractivity contribution is 5.88. The van der Waals surface area contributed by atoms with E-state index in [0.29, 0.717) is 18.0 Å². The summed E-state index contributed by atoms with van der Waals surface area (Å²) in [6.07, 6.45) is 2.79. The second-order valence-electron chi connectivity index (χ2n) is 6.86. The lowest BCUT2D eigenvalue weighted by molar-refractivity contribution is 0.0792. The van der Waals surface area contributed by atoms with Crippen LogP contribution in [0.1, 0.15) is 25.0 Å². The number of hydrogen-bond donors (Lipinski definition) is 1. The number of rotatable bonds is 8. The molecule has 144 valence electrons. The van der Waals surface area contributed by atoms with E-state index in [0.717, 1.165) is 28.8 Å². The van der Waals surface area contributed by atoms with Gasteiger partial charge in [-0.25, -0.2) is 18.7 Å². The van der Waals surface area contributed by atoms with Crippen LogP contribution in [0.5, 0.6) is 5.88 Å². The SMILES string of the molecule is Cc1cc(Cn2cc3c(NCC(C)C)nccc3n2)cnc1OCC(F)F. The summed E-state index contributed by atoms with van der Waals surface area (Å²) in [5.41, 5.74) is 2.48. The van der Waals surface area contributed by atoms with Crippen LogP contribution in [0.25, 0.3) is 10.9 Å². The highest BCUT2D eigenvalue weighted by Gasteiger charge is 2.10. The maximum atomic E-state index is 12.3. The molecule has 0 aromatic carbocycles. The Morgan fingerprint density at radius 2 is 2.07 bits per heavy atom. The molecule has 0 amide bonds. The average molecular weight is 375 g/mol. The Kier molecular flexibility index (Phi) is 5.83. The lowest BCUT2D eigenvalue weighted by atomic mass is 10.2. The summed E-state index contributed by atoms with van der Waals surface area (Å²) < 4.78 is 31.4. The van der Waals surface area contributed by atoms with Crippen molar-refractivity contribution < 1.29 is 13.5 Å². The van der Waals surface area contributed by atoms with Crippen LogP contribution >= 0.6 is 0 Å². The highest BCUT2D eigenvalue weighted by atomic mass is 19.3. The van der Waals surface area contributed by atoms with Gasteiger partial charge in [-0.3, -0.25) is 4.68 Å². The third-order valence-corrected chi connectivity index (χ3v) is 3.94. The van der Waals surface area contributed by atoms with E-state index in [4.69, 9.17) is 4.74 Å². The molecule has 0 saturated heterocycles. The van der Waals surface area contributed by atoms with Crippen molar-refractivity contribution in [3.8, 4) is 5.88 Å². The first-order valence-corrected chi connectivity index (χ1v) is 8.85. The number of nitrogens with one attached hydrogen (secondary N) is 1. The van der Waals surface area contributed by atoms with Gasteiger partial charge in [-0.1, -0.05) is 13.8 Å². The number of hydrogen-bond acceptors (Lipinski definition) is 5. The summed E-state index contributed by atoms with van der Waals surface area (Å²) in [4.78, 5) is 8.55. The first-order chi connectivity index (χ1) is 12.9. The Morgan fingerprint density at radius 1 is 1.26 bits per heavy atom. The standard InChI is InChI=1S/C19H23F2N5O/c1-12(2)7-23-18-15-10-26(25-16(15)4-5-22-18)9-14-6-13(3)19(24-8-14)27-11-17(20)21/h4-6,8,10,12,17H,7,9,11H2,1-3H3,(H,22,23). The van der Waals surface area contributed by atoms with E-state index in [1.54, 1.807) is 19.3 Å². The van der Waals surface area contributed by atoms with Gasteiger partial charge >= 0.3 is 0 Å². The van der Waals surface area contributed by atoms with Gasteiger partial charge in [-0.15, -0.1) is 0 Å². The molecule has 1 N–H and O–H groups in total. The Hall–Kier alpha value is -2.77. The number of fused-ring (bicyclic) bond motifs is 1. The first-order valence-electron chi connectivity index (χ1n) is 8.85. The lowest BCUT2D eigenvalue weighted by Gasteiger charge is -2.09. The molecule has 3 rings (SSSR count). The molecule has 0 aliphatic rings. The van der Waals surface area contributed by atoms with Gasteiger partial charge < -0.3 is 10.1 Å². The van der Waals surface area contributed by atoms with Gasteiger partial charge in [0.15, 0.2) is 6.61 Å². The fraction of sp³-hybridized carbons (Fsp3) is 0.421.